The lowest BCUT2D eigenvalue weighted by Crippen LogP contribution is -2.34. The first-order chi connectivity index (χ1) is 12.9. The first-order valence-corrected chi connectivity index (χ1v) is 9.16. The van der Waals surface area contributed by atoms with Crippen molar-refractivity contribution in [3.05, 3.63) is 76.0 Å². The van der Waals surface area contributed by atoms with E-state index in [2.05, 4.69) is 10.3 Å². The molecule has 0 saturated carbocycles. The largest absolute Gasteiger partial charge is 0.479 e. The molecule has 3 rings (SSSR count). The molecular formula is C19H14ClFN2O3S. The van der Waals surface area contributed by atoms with Crippen LogP contribution in [-0.2, 0) is 16.0 Å². The van der Waals surface area contributed by atoms with Crippen LogP contribution in [0.15, 0.2) is 53.9 Å². The second-order valence-corrected chi connectivity index (χ2v) is 7.02. The van der Waals surface area contributed by atoms with Crippen molar-refractivity contribution in [2.45, 2.75) is 12.5 Å². The Morgan fingerprint density at radius 1 is 1.22 bits per heavy atom. The summed E-state index contributed by atoms with van der Waals surface area (Å²) in [6, 6.07) is 11.1. The van der Waals surface area contributed by atoms with Crippen LogP contribution >= 0.6 is 22.9 Å². The highest BCUT2D eigenvalue weighted by molar-refractivity contribution is 7.13. The minimum absolute atomic E-state index is 0.0802. The number of benzene rings is 2. The van der Waals surface area contributed by atoms with Crippen molar-refractivity contribution in [2.24, 2.45) is 0 Å². The summed E-state index contributed by atoms with van der Waals surface area (Å²) in [6.07, 6.45) is -0.0802. The number of carboxylic acids is 1. The molecule has 0 fully saturated rings. The van der Waals surface area contributed by atoms with Crippen LogP contribution < -0.4 is 5.32 Å². The molecule has 5 nitrogen and oxygen atoms in total. The van der Waals surface area contributed by atoms with Gasteiger partial charge in [-0.05, 0) is 29.8 Å². The monoisotopic (exact) mass is 404 g/mol. The summed E-state index contributed by atoms with van der Waals surface area (Å²) in [5.74, 6) is -2.02. The molecule has 2 aromatic carbocycles. The average molecular weight is 405 g/mol. The van der Waals surface area contributed by atoms with Gasteiger partial charge in [0.15, 0.2) is 6.04 Å². The van der Waals surface area contributed by atoms with Crippen molar-refractivity contribution in [3.63, 3.8) is 0 Å². The Kier molecular flexibility index (Phi) is 5.83. The van der Waals surface area contributed by atoms with Crippen LogP contribution in [0.5, 0.6) is 0 Å². The lowest BCUT2D eigenvalue weighted by molar-refractivity contribution is -0.142. The van der Waals surface area contributed by atoms with Gasteiger partial charge in [-0.2, -0.15) is 0 Å². The Morgan fingerprint density at radius 3 is 2.63 bits per heavy atom. The quantitative estimate of drug-likeness (QED) is 0.648. The van der Waals surface area contributed by atoms with Gasteiger partial charge in [0.25, 0.3) is 0 Å². The molecule has 0 aliphatic rings. The standard InChI is InChI=1S/C19H14ClFN2O3S/c20-13-6-4-11(5-7-13)17(19(25)26)23-16(24)9-15-10-27-18(22-15)12-2-1-3-14(21)8-12/h1-8,10,17H,9H2,(H,23,24)(H,25,26). The van der Waals surface area contributed by atoms with E-state index < -0.39 is 17.9 Å². The molecule has 1 amide bonds. The van der Waals surface area contributed by atoms with Crippen LogP contribution in [0.2, 0.25) is 5.02 Å². The third kappa shape index (κ3) is 4.90. The van der Waals surface area contributed by atoms with Gasteiger partial charge in [0, 0.05) is 16.0 Å². The molecule has 0 radical (unpaired) electrons. The number of thiazole rings is 1. The molecule has 3 aromatic rings. The van der Waals surface area contributed by atoms with Gasteiger partial charge >= 0.3 is 5.97 Å². The number of hydrogen-bond acceptors (Lipinski definition) is 4. The number of hydrogen-bond donors (Lipinski definition) is 2. The predicted octanol–water partition coefficient (Wildman–Crippen LogP) is 4.09. The number of amides is 1. The normalized spacial score (nSPS) is 11.8. The van der Waals surface area contributed by atoms with E-state index in [1.807, 2.05) is 0 Å². The van der Waals surface area contributed by atoms with Crippen LogP contribution in [0, 0.1) is 5.82 Å². The molecule has 0 spiro atoms. The number of nitrogens with one attached hydrogen (secondary N) is 1. The summed E-state index contributed by atoms with van der Waals surface area (Å²) in [5.41, 5.74) is 1.52. The molecule has 1 atom stereocenters. The highest BCUT2D eigenvalue weighted by Crippen LogP contribution is 2.24. The van der Waals surface area contributed by atoms with E-state index in [0.717, 1.165) is 0 Å². The van der Waals surface area contributed by atoms with E-state index in [4.69, 9.17) is 11.6 Å². The zero-order valence-electron chi connectivity index (χ0n) is 13.9. The third-order valence-electron chi connectivity index (χ3n) is 3.72. The zero-order valence-corrected chi connectivity index (χ0v) is 15.4. The average Bonchev–Trinajstić information content (AvgIpc) is 3.09. The molecule has 1 unspecified atom stereocenters. The molecule has 27 heavy (non-hydrogen) atoms. The molecule has 0 aliphatic carbocycles. The Morgan fingerprint density at radius 2 is 1.96 bits per heavy atom. The van der Waals surface area contributed by atoms with Gasteiger partial charge in [0.05, 0.1) is 12.1 Å². The number of rotatable bonds is 6. The summed E-state index contributed by atoms with van der Waals surface area (Å²) in [5, 5.41) is 14.6. The van der Waals surface area contributed by atoms with E-state index in [0.29, 0.717) is 26.9 Å². The first-order valence-electron chi connectivity index (χ1n) is 7.90. The Labute approximate surface area is 163 Å². The van der Waals surface area contributed by atoms with Gasteiger partial charge in [-0.25, -0.2) is 14.2 Å². The highest BCUT2D eigenvalue weighted by atomic mass is 35.5. The van der Waals surface area contributed by atoms with Crippen molar-refractivity contribution in [2.75, 3.05) is 0 Å². The Bertz CT molecular complexity index is 975. The van der Waals surface area contributed by atoms with E-state index in [9.17, 15) is 19.1 Å². The Balaban J connectivity index is 1.69. The Hall–Kier alpha value is -2.77. The van der Waals surface area contributed by atoms with Gasteiger partial charge in [0.2, 0.25) is 5.91 Å². The predicted molar refractivity (Wildman–Crippen MR) is 101 cm³/mol. The topological polar surface area (TPSA) is 79.3 Å². The van der Waals surface area contributed by atoms with Gasteiger partial charge in [-0.15, -0.1) is 11.3 Å². The maximum absolute atomic E-state index is 13.3. The maximum atomic E-state index is 13.3. The van der Waals surface area contributed by atoms with Crippen LogP contribution in [0.3, 0.4) is 0 Å². The lowest BCUT2D eigenvalue weighted by atomic mass is 10.1. The number of nitrogens with zero attached hydrogens (tertiary/aromatic N) is 1. The van der Waals surface area contributed by atoms with Gasteiger partial charge in [-0.3, -0.25) is 4.79 Å². The van der Waals surface area contributed by atoms with E-state index in [1.54, 1.807) is 41.8 Å². The second kappa shape index (κ2) is 8.28. The summed E-state index contributed by atoms with van der Waals surface area (Å²) >= 11 is 7.09. The van der Waals surface area contributed by atoms with Crippen LogP contribution in [0.1, 0.15) is 17.3 Å². The molecular weight excluding hydrogens is 391 g/mol. The summed E-state index contributed by atoms with van der Waals surface area (Å²) in [4.78, 5) is 28.1. The van der Waals surface area contributed by atoms with Crippen molar-refractivity contribution in [1.82, 2.24) is 10.3 Å². The molecule has 0 bridgehead atoms. The van der Waals surface area contributed by atoms with Crippen molar-refractivity contribution in [1.29, 1.82) is 0 Å². The second-order valence-electron chi connectivity index (χ2n) is 5.72. The minimum atomic E-state index is -1.18. The maximum Gasteiger partial charge on any atom is 0.330 e. The van der Waals surface area contributed by atoms with Gasteiger partial charge in [0.1, 0.15) is 10.8 Å². The molecule has 8 heteroatoms. The molecule has 138 valence electrons. The summed E-state index contributed by atoms with van der Waals surface area (Å²) in [6.45, 7) is 0. The molecule has 0 aliphatic heterocycles. The zero-order chi connectivity index (χ0) is 19.4. The number of carboxylic acid groups (broad SMARTS) is 1. The van der Waals surface area contributed by atoms with Crippen LogP contribution in [0.25, 0.3) is 10.6 Å². The summed E-state index contributed by atoms with van der Waals surface area (Å²) < 4.78 is 13.3. The van der Waals surface area contributed by atoms with Gasteiger partial charge in [-0.1, -0.05) is 35.9 Å². The highest BCUT2D eigenvalue weighted by Gasteiger charge is 2.22. The number of aliphatic carboxylic acids is 1. The number of halogens is 2. The van der Waals surface area contributed by atoms with Crippen LogP contribution in [0.4, 0.5) is 4.39 Å². The first kappa shape index (κ1) is 19.0. The fraction of sp³-hybridized carbons (Fsp3) is 0.105. The molecule has 1 aromatic heterocycles. The van der Waals surface area contributed by atoms with Crippen molar-refractivity contribution >= 4 is 34.8 Å². The lowest BCUT2D eigenvalue weighted by Gasteiger charge is -2.14. The third-order valence-corrected chi connectivity index (χ3v) is 4.91. The van der Waals surface area contributed by atoms with E-state index in [-0.39, 0.29) is 12.2 Å². The van der Waals surface area contributed by atoms with E-state index >= 15 is 0 Å². The SMILES string of the molecule is O=C(Cc1csc(-c2cccc(F)c2)n1)NC(C(=O)O)c1ccc(Cl)cc1. The van der Waals surface area contributed by atoms with Crippen LogP contribution in [-0.4, -0.2) is 22.0 Å². The van der Waals surface area contributed by atoms with Crippen molar-refractivity contribution in [3.8, 4) is 10.6 Å². The number of carbonyl (C=O) groups is 2. The molecule has 0 saturated heterocycles. The number of carbonyl (C=O) groups excluding carboxylic acids is 1. The number of aromatic nitrogens is 1. The van der Waals surface area contributed by atoms with Crippen molar-refractivity contribution < 1.29 is 19.1 Å². The minimum Gasteiger partial charge on any atom is -0.479 e. The fourth-order valence-electron chi connectivity index (χ4n) is 2.46. The van der Waals surface area contributed by atoms with Gasteiger partial charge < -0.3 is 10.4 Å². The molecule has 1 heterocycles. The smallest absolute Gasteiger partial charge is 0.330 e. The fourth-order valence-corrected chi connectivity index (χ4v) is 3.40. The molecule has 2 N–H and O–H groups in total. The van der Waals surface area contributed by atoms with E-state index in [1.165, 1.54) is 23.5 Å². The summed E-state index contributed by atoms with van der Waals surface area (Å²) in [7, 11) is 0.